The number of nitrogens with zero attached hydrogens (tertiary/aromatic N) is 1. The van der Waals surface area contributed by atoms with Crippen LogP contribution in [0.15, 0.2) is 22.4 Å². The lowest BCUT2D eigenvalue weighted by atomic mass is 10.2. The van der Waals surface area contributed by atoms with E-state index in [0.717, 1.165) is 11.8 Å². The van der Waals surface area contributed by atoms with Crippen LogP contribution in [0.4, 0.5) is 15.2 Å². The first-order valence-electron chi connectivity index (χ1n) is 6.24. The molecule has 0 unspecified atom stereocenters. The van der Waals surface area contributed by atoms with E-state index in [4.69, 9.17) is 5.73 Å². The van der Waals surface area contributed by atoms with Crippen molar-refractivity contribution in [2.45, 2.75) is 31.6 Å². The maximum atomic E-state index is 13.6. The van der Waals surface area contributed by atoms with Gasteiger partial charge in [0.05, 0.1) is 10.6 Å². The van der Waals surface area contributed by atoms with Crippen LogP contribution in [0.1, 0.15) is 31.0 Å². The van der Waals surface area contributed by atoms with Crippen LogP contribution in [0.3, 0.4) is 0 Å². The molecule has 1 heterocycles. The van der Waals surface area contributed by atoms with Crippen molar-refractivity contribution in [1.82, 2.24) is 4.98 Å². The quantitative estimate of drug-likeness (QED) is 0.844. The highest BCUT2D eigenvalue weighted by Crippen LogP contribution is 2.27. The van der Waals surface area contributed by atoms with Crippen molar-refractivity contribution in [2.75, 3.05) is 10.5 Å². The zero-order valence-corrected chi connectivity index (χ0v) is 13.5. The molecule has 2 aromatic rings. The molecule has 0 bridgehead atoms. The summed E-state index contributed by atoms with van der Waals surface area (Å²) in [6.07, 6.45) is 0. The first-order valence-corrected chi connectivity index (χ1v) is 8.61. The molecular weight excluding hydrogens is 313 g/mol. The Hall–Kier alpha value is -1.67. The number of benzene rings is 1. The van der Waals surface area contributed by atoms with E-state index in [-0.39, 0.29) is 27.2 Å². The molecular formula is C13H16FN3O2S2. The van der Waals surface area contributed by atoms with E-state index < -0.39 is 15.8 Å². The standard InChI is InChI=1S/C13H16FN3O2S2/c1-7(2)11-6-20-13(16-11)17-21(18,19)12-5-9(15)4-10(14)8(12)3/h4-7H,15H2,1-3H3,(H,16,17). The van der Waals surface area contributed by atoms with Gasteiger partial charge in [-0.2, -0.15) is 0 Å². The zero-order chi connectivity index (χ0) is 15.8. The van der Waals surface area contributed by atoms with E-state index >= 15 is 0 Å². The van der Waals surface area contributed by atoms with Crippen molar-refractivity contribution in [1.29, 1.82) is 0 Å². The molecule has 0 radical (unpaired) electrons. The third-order valence-electron chi connectivity index (χ3n) is 2.94. The van der Waals surface area contributed by atoms with E-state index in [1.54, 1.807) is 5.38 Å². The number of rotatable bonds is 4. The van der Waals surface area contributed by atoms with E-state index in [9.17, 15) is 12.8 Å². The lowest BCUT2D eigenvalue weighted by molar-refractivity contribution is 0.591. The van der Waals surface area contributed by atoms with E-state index in [1.165, 1.54) is 24.3 Å². The summed E-state index contributed by atoms with van der Waals surface area (Å²) in [5.41, 5.74) is 6.40. The van der Waals surface area contributed by atoms with Gasteiger partial charge < -0.3 is 5.73 Å². The topological polar surface area (TPSA) is 85.1 Å². The minimum atomic E-state index is -3.92. The maximum Gasteiger partial charge on any atom is 0.264 e. The molecule has 0 fully saturated rings. The Morgan fingerprint density at radius 2 is 2.05 bits per heavy atom. The smallest absolute Gasteiger partial charge is 0.264 e. The van der Waals surface area contributed by atoms with Gasteiger partial charge >= 0.3 is 0 Å². The maximum absolute atomic E-state index is 13.6. The monoisotopic (exact) mass is 329 g/mol. The van der Waals surface area contributed by atoms with Crippen molar-refractivity contribution >= 4 is 32.2 Å². The average molecular weight is 329 g/mol. The van der Waals surface area contributed by atoms with Crippen LogP contribution in [0.25, 0.3) is 0 Å². The van der Waals surface area contributed by atoms with Crippen molar-refractivity contribution in [2.24, 2.45) is 0 Å². The third-order valence-corrected chi connectivity index (χ3v) is 5.31. The Morgan fingerprint density at radius 1 is 1.38 bits per heavy atom. The van der Waals surface area contributed by atoms with Crippen LogP contribution in [0.2, 0.25) is 0 Å². The van der Waals surface area contributed by atoms with Crippen LogP contribution in [0.5, 0.6) is 0 Å². The highest BCUT2D eigenvalue weighted by Gasteiger charge is 2.21. The summed E-state index contributed by atoms with van der Waals surface area (Å²) in [6.45, 7) is 5.32. The van der Waals surface area contributed by atoms with Crippen molar-refractivity contribution in [3.05, 3.63) is 34.6 Å². The number of halogens is 1. The van der Waals surface area contributed by atoms with Crippen molar-refractivity contribution in [3.63, 3.8) is 0 Å². The first-order chi connectivity index (χ1) is 9.70. The van der Waals surface area contributed by atoms with Crippen LogP contribution in [-0.2, 0) is 10.0 Å². The predicted molar refractivity (Wildman–Crippen MR) is 82.6 cm³/mol. The van der Waals surface area contributed by atoms with Crippen LogP contribution < -0.4 is 10.5 Å². The second-order valence-electron chi connectivity index (χ2n) is 4.96. The predicted octanol–water partition coefficient (Wildman–Crippen LogP) is 3.10. The molecule has 3 N–H and O–H groups in total. The number of sulfonamides is 1. The number of hydrogen-bond donors (Lipinski definition) is 2. The summed E-state index contributed by atoms with van der Waals surface area (Å²) >= 11 is 1.19. The van der Waals surface area contributed by atoms with Gasteiger partial charge in [-0.3, -0.25) is 4.72 Å². The van der Waals surface area contributed by atoms with Gasteiger partial charge in [0, 0.05) is 16.6 Å². The SMILES string of the molecule is Cc1c(F)cc(N)cc1S(=O)(=O)Nc1nc(C(C)C)cs1. The van der Waals surface area contributed by atoms with Crippen molar-refractivity contribution < 1.29 is 12.8 Å². The normalized spacial score (nSPS) is 11.9. The molecule has 2 rings (SSSR count). The Bertz CT molecular complexity index is 770. The number of aromatic nitrogens is 1. The molecule has 8 heteroatoms. The third kappa shape index (κ3) is 3.33. The molecule has 0 saturated carbocycles. The number of hydrogen-bond acceptors (Lipinski definition) is 5. The van der Waals surface area contributed by atoms with Gasteiger partial charge in [0.1, 0.15) is 5.82 Å². The molecule has 1 aromatic heterocycles. The van der Waals surface area contributed by atoms with E-state index in [2.05, 4.69) is 9.71 Å². The minimum Gasteiger partial charge on any atom is -0.399 e. The Morgan fingerprint density at radius 3 is 2.62 bits per heavy atom. The molecule has 0 atom stereocenters. The zero-order valence-electron chi connectivity index (χ0n) is 11.8. The van der Waals surface area contributed by atoms with Gasteiger partial charge in [-0.1, -0.05) is 13.8 Å². The number of thiazole rings is 1. The lowest BCUT2D eigenvalue weighted by Gasteiger charge is -2.10. The van der Waals surface area contributed by atoms with E-state index in [1.807, 2.05) is 13.8 Å². The summed E-state index contributed by atoms with van der Waals surface area (Å²) in [5.74, 6) is -0.455. The second kappa shape index (κ2) is 5.61. The molecule has 0 aliphatic heterocycles. The Labute approximate surface area is 127 Å². The van der Waals surface area contributed by atoms with Crippen LogP contribution in [0, 0.1) is 12.7 Å². The summed E-state index contributed by atoms with van der Waals surface area (Å²) in [4.78, 5) is 4.02. The lowest BCUT2D eigenvalue weighted by Crippen LogP contribution is -2.15. The van der Waals surface area contributed by atoms with Crippen molar-refractivity contribution in [3.8, 4) is 0 Å². The van der Waals surface area contributed by atoms with Gasteiger partial charge in [-0.05, 0) is 25.0 Å². The van der Waals surface area contributed by atoms with Gasteiger partial charge in [0.15, 0.2) is 5.13 Å². The molecule has 0 aliphatic carbocycles. The highest BCUT2D eigenvalue weighted by molar-refractivity contribution is 7.93. The molecule has 1 aromatic carbocycles. The molecule has 114 valence electrons. The van der Waals surface area contributed by atoms with Gasteiger partial charge in [-0.25, -0.2) is 17.8 Å². The van der Waals surface area contributed by atoms with E-state index in [0.29, 0.717) is 0 Å². The molecule has 0 amide bonds. The Balaban J connectivity index is 2.38. The summed E-state index contributed by atoms with van der Waals surface area (Å²) in [5, 5.41) is 2.04. The van der Waals surface area contributed by atoms with Gasteiger partial charge in [-0.15, -0.1) is 11.3 Å². The molecule has 21 heavy (non-hydrogen) atoms. The fourth-order valence-corrected chi connectivity index (χ4v) is 4.14. The van der Waals surface area contributed by atoms with Gasteiger partial charge in [0.2, 0.25) is 0 Å². The number of nitrogens with two attached hydrogens (primary N) is 1. The summed E-state index contributed by atoms with van der Waals surface area (Å²) in [6, 6.07) is 2.33. The number of anilines is 2. The molecule has 0 saturated heterocycles. The molecule has 0 aliphatic rings. The van der Waals surface area contributed by atoms with Gasteiger partial charge in [0.25, 0.3) is 10.0 Å². The fourth-order valence-electron chi connectivity index (χ4n) is 1.72. The molecule has 5 nitrogen and oxygen atoms in total. The fraction of sp³-hybridized carbons (Fsp3) is 0.308. The molecule has 0 spiro atoms. The van der Waals surface area contributed by atoms with Crippen LogP contribution in [-0.4, -0.2) is 13.4 Å². The largest absolute Gasteiger partial charge is 0.399 e. The highest BCUT2D eigenvalue weighted by atomic mass is 32.2. The number of nitrogens with one attached hydrogen (secondary N) is 1. The number of nitrogen functional groups attached to an aromatic ring is 1. The second-order valence-corrected chi connectivity index (χ2v) is 7.47. The first kappa shape index (κ1) is 15.7. The summed E-state index contributed by atoms with van der Waals surface area (Å²) < 4.78 is 40.7. The summed E-state index contributed by atoms with van der Waals surface area (Å²) in [7, 11) is -3.92. The Kier molecular flexibility index (Phi) is 4.20. The minimum absolute atomic E-state index is 0.0253. The van der Waals surface area contributed by atoms with Crippen LogP contribution >= 0.6 is 11.3 Å². The average Bonchev–Trinajstić information content (AvgIpc) is 2.81.